The molecule has 2 aliphatic rings. The zero-order valence-corrected chi connectivity index (χ0v) is 15.6. The Labute approximate surface area is 166 Å². The third-order valence-corrected chi connectivity index (χ3v) is 5.81. The Bertz CT molecular complexity index is 874. The first-order valence-corrected chi connectivity index (χ1v) is 9.51. The highest BCUT2D eigenvalue weighted by Gasteiger charge is 2.52. The summed E-state index contributed by atoms with van der Waals surface area (Å²) in [4.78, 5) is 18.0. The fourth-order valence-electron chi connectivity index (χ4n) is 4.55. The van der Waals surface area contributed by atoms with Crippen molar-refractivity contribution < 1.29 is 27.8 Å². The molecule has 2 unspecified atom stereocenters. The van der Waals surface area contributed by atoms with Crippen molar-refractivity contribution in [2.24, 2.45) is 0 Å². The normalized spacial score (nSPS) is 26.4. The molecule has 1 aromatic heterocycles. The molecule has 0 saturated carbocycles. The maximum atomic E-state index is 13.4. The predicted octanol–water partition coefficient (Wildman–Crippen LogP) is 4.25. The smallest absolute Gasteiger partial charge is 0.416 e. The van der Waals surface area contributed by atoms with Gasteiger partial charge < -0.3 is 14.7 Å². The molecule has 0 spiro atoms. The van der Waals surface area contributed by atoms with E-state index in [0.29, 0.717) is 12.8 Å². The van der Waals surface area contributed by atoms with Gasteiger partial charge in [-0.25, -0.2) is 4.79 Å². The summed E-state index contributed by atoms with van der Waals surface area (Å²) in [7, 11) is 0. The number of carbonyl (C=O) groups is 1. The van der Waals surface area contributed by atoms with Crippen molar-refractivity contribution in [2.75, 3.05) is 0 Å². The molecule has 4 rings (SSSR count). The van der Waals surface area contributed by atoms with Gasteiger partial charge >= 0.3 is 12.3 Å². The Morgan fingerprint density at radius 3 is 2.45 bits per heavy atom. The maximum Gasteiger partial charge on any atom is 0.416 e. The molecule has 1 amide bonds. The lowest BCUT2D eigenvalue weighted by Crippen LogP contribution is -2.52. The van der Waals surface area contributed by atoms with Crippen LogP contribution in [-0.4, -0.2) is 33.2 Å². The van der Waals surface area contributed by atoms with Gasteiger partial charge in [0.2, 0.25) is 0 Å². The van der Waals surface area contributed by atoms with Gasteiger partial charge in [0.05, 0.1) is 11.2 Å². The molecule has 0 radical (unpaired) electrons. The molecule has 2 aliphatic heterocycles. The van der Waals surface area contributed by atoms with Crippen LogP contribution < -0.4 is 0 Å². The first-order valence-electron chi connectivity index (χ1n) is 9.51. The van der Waals surface area contributed by atoms with Gasteiger partial charge in [-0.2, -0.15) is 13.2 Å². The van der Waals surface area contributed by atoms with Gasteiger partial charge in [-0.3, -0.25) is 4.98 Å². The number of hydrogen-bond acceptors (Lipinski definition) is 4. The van der Waals surface area contributed by atoms with Crippen LogP contribution in [0.1, 0.15) is 42.4 Å². The van der Waals surface area contributed by atoms with Crippen molar-refractivity contribution >= 4 is 6.09 Å². The second-order valence-electron chi connectivity index (χ2n) is 7.69. The molecule has 2 fully saturated rings. The number of benzene rings is 1. The van der Waals surface area contributed by atoms with Crippen LogP contribution in [0, 0.1) is 0 Å². The van der Waals surface area contributed by atoms with E-state index in [1.807, 2.05) is 30.3 Å². The number of ether oxygens (including phenoxy) is 1. The summed E-state index contributed by atoms with van der Waals surface area (Å²) >= 11 is 0. The van der Waals surface area contributed by atoms with Crippen molar-refractivity contribution in [3.63, 3.8) is 0 Å². The minimum Gasteiger partial charge on any atom is -0.445 e. The number of pyridine rings is 1. The van der Waals surface area contributed by atoms with E-state index in [0.717, 1.165) is 24.0 Å². The average molecular weight is 406 g/mol. The summed E-state index contributed by atoms with van der Waals surface area (Å²) in [6.07, 6.45) is -1.63. The van der Waals surface area contributed by atoms with Crippen LogP contribution in [0.5, 0.6) is 0 Å². The Morgan fingerprint density at radius 2 is 1.83 bits per heavy atom. The van der Waals surface area contributed by atoms with Crippen LogP contribution in [0.2, 0.25) is 0 Å². The second-order valence-corrected chi connectivity index (χ2v) is 7.69. The van der Waals surface area contributed by atoms with E-state index in [-0.39, 0.29) is 37.1 Å². The number of carbonyl (C=O) groups excluding carboxylic acids is 1. The van der Waals surface area contributed by atoms with Gasteiger partial charge in [-0.1, -0.05) is 30.3 Å². The number of nitrogens with zero attached hydrogens (tertiary/aromatic N) is 2. The van der Waals surface area contributed by atoms with E-state index in [4.69, 9.17) is 4.74 Å². The second kappa shape index (κ2) is 7.33. The van der Waals surface area contributed by atoms with E-state index in [1.165, 1.54) is 0 Å². The number of aliphatic hydroxyl groups is 1. The molecule has 2 bridgehead atoms. The van der Waals surface area contributed by atoms with Crippen molar-refractivity contribution in [1.82, 2.24) is 9.88 Å². The minimum atomic E-state index is -4.58. The highest BCUT2D eigenvalue weighted by molar-refractivity contribution is 5.69. The number of hydrogen-bond donors (Lipinski definition) is 1. The van der Waals surface area contributed by atoms with Crippen LogP contribution in [0.4, 0.5) is 18.0 Å². The molecule has 1 N–H and O–H groups in total. The number of piperidine rings is 1. The highest BCUT2D eigenvalue weighted by Crippen LogP contribution is 2.48. The Hall–Kier alpha value is -2.61. The first kappa shape index (κ1) is 19.7. The standard InChI is InChI=1S/C21H21F3N2O3/c22-21(23,24)17-8-9-25-12-18(17)20(28)10-15-6-7-16(11-20)26(15)19(27)29-13-14-4-2-1-3-5-14/h1-5,8-9,12,15-16,28H,6-7,10-11,13H2. The van der Waals surface area contributed by atoms with E-state index in [1.54, 1.807) is 4.90 Å². The topological polar surface area (TPSA) is 62.7 Å². The number of aromatic nitrogens is 1. The number of amides is 1. The predicted molar refractivity (Wildman–Crippen MR) is 97.6 cm³/mol. The van der Waals surface area contributed by atoms with Crippen LogP contribution >= 0.6 is 0 Å². The van der Waals surface area contributed by atoms with Gasteiger partial charge in [-0.05, 0) is 24.5 Å². The minimum absolute atomic E-state index is 0.0265. The lowest BCUT2D eigenvalue weighted by atomic mass is 9.79. The number of fused-ring (bicyclic) bond motifs is 2. The fraction of sp³-hybridized carbons (Fsp3) is 0.429. The quantitative estimate of drug-likeness (QED) is 0.828. The van der Waals surface area contributed by atoms with Crippen LogP contribution in [0.25, 0.3) is 0 Å². The third-order valence-electron chi connectivity index (χ3n) is 5.81. The van der Waals surface area contributed by atoms with Crippen LogP contribution in [-0.2, 0) is 23.1 Å². The lowest BCUT2D eigenvalue weighted by molar-refractivity contribution is -0.142. The van der Waals surface area contributed by atoms with Crippen molar-refractivity contribution in [3.8, 4) is 0 Å². The van der Waals surface area contributed by atoms with Gasteiger partial charge in [0.15, 0.2) is 0 Å². The third kappa shape index (κ3) is 3.81. The Balaban J connectivity index is 1.51. The summed E-state index contributed by atoms with van der Waals surface area (Å²) in [6, 6.07) is 9.39. The van der Waals surface area contributed by atoms with Crippen molar-refractivity contribution in [1.29, 1.82) is 0 Å². The molecule has 29 heavy (non-hydrogen) atoms. The number of halogens is 3. The van der Waals surface area contributed by atoms with Gasteiger partial charge in [0.1, 0.15) is 6.61 Å². The molecular formula is C21H21F3N2O3. The zero-order valence-electron chi connectivity index (χ0n) is 15.6. The fourth-order valence-corrected chi connectivity index (χ4v) is 4.55. The molecular weight excluding hydrogens is 385 g/mol. The van der Waals surface area contributed by atoms with Gasteiger partial charge in [-0.15, -0.1) is 0 Å². The molecule has 2 saturated heterocycles. The zero-order chi connectivity index (χ0) is 20.6. The van der Waals surface area contributed by atoms with Gasteiger partial charge in [0, 0.05) is 42.9 Å². The number of rotatable bonds is 3. The summed E-state index contributed by atoms with van der Waals surface area (Å²) in [5.74, 6) is 0. The lowest BCUT2D eigenvalue weighted by Gasteiger charge is -2.43. The van der Waals surface area contributed by atoms with Crippen molar-refractivity contribution in [2.45, 2.75) is 56.2 Å². The molecule has 3 heterocycles. The molecule has 8 heteroatoms. The van der Waals surface area contributed by atoms with Crippen LogP contribution in [0.15, 0.2) is 48.8 Å². The van der Waals surface area contributed by atoms with Crippen molar-refractivity contribution in [3.05, 3.63) is 65.5 Å². The number of alkyl halides is 3. The maximum absolute atomic E-state index is 13.4. The van der Waals surface area contributed by atoms with Crippen LogP contribution in [0.3, 0.4) is 0 Å². The molecule has 1 aromatic carbocycles. The molecule has 2 aromatic rings. The summed E-state index contributed by atoms with van der Waals surface area (Å²) < 4.78 is 45.7. The molecule has 154 valence electrons. The monoisotopic (exact) mass is 406 g/mol. The molecule has 0 aliphatic carbocycles. The summed E-state index contributed by atoms with van der Waals surface area (Å²) in [5.41, 5.74) is -1.93. The summed E-state index contributed by atoms with van der Waals surface area (Å²) in [6.45, 7) is 0.126. The Morgan fingerprint density at radius 1 is 1.17 bits per heavy atom. The average Bonchev–Trinajstić information content (AvgIpc) is 2.98. The van der Waals surface area contributed by atoms with E-state index < -0.39 is 23.4 Å². The van der Waals surface area contributed by atoms with Gasteiger partial charge in [0.25, 0.3) is 0 Å². The highest BCUT2D eigenvalue weighted by atomic mass is 19.4. The largest absolute Gasteiger partial charge is 0.445 e. The van der Waals surface area contributed by atoms with E-state index >= 15 is 0 Å². The molecule has 2 atom stereocenters. The molecule has 5 nitrogen and oxygen atoms in total. The van der Waals surface area contributed by atoms with E-state index in [2.05, 4.69) is 4.98 Å². The first-order chi connectivity index (χ1) is 13.8. The SMILES string of the molecule is O=C(OCc1ccccc1)N1C2CCC1CC(O)(c1cnccc1C(F)(F)F)C2. The Kier molecular flexibility index (Phi) is 4.98. The summed E-state index contributed by atoms with van der Waals surface area (Å²) in [5, 5.41) is 11.2. The van der Waals surface area contributed by atoms with E-state index in [9.17, 15) is 23.1 Å².